The number of anilines is 1. The van der Waals surface area contributed by atoms with Crippen molar-refractivity contribution in [1.82, 2.24) is 0 Å². The van der Waals surface area contributed by atoms with Gasteiger partial charge in [0.05, 0.1) is 0 Å². The Hall–Kier alpha value is -2.04. The summed E-state index contributed by atoms with van der Waals surface area (Å²) in [6.45, 7) is 2.12. The second-order valence-corrected chi connectivity index (χ2v) is 5.07. The van der Waals surface area contributed by atoms with Gasteiger partial charge in [0.25, 0.3) is 0 Å². The van der Waals surface area contributed by atoms with E-state index in [9.17, 15) is 4.79 Å². The first-order chi connectivity index (χ1) is 9.11. The highest BCUT2D eigenvalue weighted by molar-refractivity contribution is 5.98. The van der Waals surface area contributed by atoms with Crippen molar-refractivity contribution in [3.63, 3.8) is 0 Å². The zero-order chi connectivity index (χ0) is 13.8. The van der Waals surface area contributed by atoms with E-state index in [2.05, 4.69) is 17.4 Å². The van der Waals surface area contributed by atoms with Gasteiger partial charge >= 0.3 is 0 Å². The molecule has 1 saturated carbocycles. The van der Waals surface area contributed by atoms with Gasteiger partial charge in [-0.3, -0.25) is 4.79 Å². The van der Waals surface area contributed by atoms with E-state index in [0.29, 0.717) is 11.5 Å². The van der Waals surface area contributed by atoms with Gasteiger partial charge in [0.1, 0.15) is 0 Å². The molecule has 2 atom stereocenters. The minimum atomic E-state index is 0.0577. The Morgan fingerprint density at radius 3 is 2.58 bits per heavy atom. The summed E-state index contributed by atoms with van der Waals surface area (Å²) in [4.78, 5) is 12.1. The summed E-state index contributed by atoms with van der Waals surface area (Å²) < 4.78 is 0. The Labute approximate surface area is 112 Å². The molecule has 0 radical (unpaired) electrons. The predicted octanol–water partition coefficient (Wildman–Crippen LogP) is 2.16. The van der Waals surface area contributed by atoms with Gasteiger partial charge in [-0.25, -0.2) is 0 Å². The van der Waals surface area contributed by atoms with E-state index in [0.717, 1.165) is 24.9 Å². The smallest absolute Gasteiger partial charge is 0.227 e. The lowest BCUT2D eigenvalue weighted by Crippen LogP contribution is -2.24. The summed E-state index contributed by atoms with van der Waals surface area (Å²) in [5.41, 5.74) is 6.83. The molecule has 0 spiro atoms. The van der Waals surface area contributed by atoms with Crippen LogP contribution in [0.4, 0.5) is 5.69 Å². The molecule has 2 unspecified atom stereocenters. The molecule has 0 bridgehead atoms. The highest BCUT2D eigenvalue weighted by Gasteiger charge is 2.29. The lowest BCUT2D eigenvalue weighted by Gasteiger charge is -2.15. The third-order valence-electron chi connectivity index (χ3n) is 3.75. The molecule has 19 heavy (non-hydrogen) atoms. The number of benzene rings is 1. The monoisotopic (exact) mass is 261 g/mol. The minimum Gasteiger partial charge on any atom is -0.409 e. The molecule has 102 valence electrons. The summed E-state index contributed by atoms with van der Waals surface area (Å²) in [6.07, 6.45) is 3.22. The number of carbonyl (C=O) groups excluding carboxylic acids is 1. The number of hydrogen-bond donors (Lipinski definition) is 3. The topological polar surface area (TPSA) is 87.7 Å². The van der Waals surface area contributed by atoms with Crippen molar-refractivity contribution < 1.29 is 10.0 Å². The molecule has 1 aliphatic carbocycles. The van der Waals surface area contributed by atoms with E-state index >= 15 is 0 Å². The second kappa shape index (κ2) is 5.73. The quantitative estimate of drug-likeness (QED) is 0.337. The van der Waals surface area contributed by atoms with Crippen molar-refractivity contribution in [2.45, 2.75) is 26.2 Å². The molecule has 1 aliphatic rings. The maximum Gasteiger partial charge on any atom is 0.227 e. The molecular formula is C14H19N3O2. The lowest BCUT2D eigenvalue weighted by molar-refractivity contribution is -0.120. The molecule has 1 aromatic rings. The first-order valence-corrected chi connectivity index (χ1v) is 6.50. The van der Waals surface area contributed by atoms with E-state index in [-0.39, 0.29) is 17.7 Å². The fourth-order valence-corrected chi connectivity index (χ4v) is 2.55. The summed E-state index contributed by atoms with van der Waals surface area (Å²) in [5.74, 6) is 0.712. The maximum atomic E-state index is 12.1. The van der Waals surface area contributed by atoms with Crippen LogP contribution in [0, 0.1) is 11.8 Å². The van der Waals surface area contributed by atoms with E-state index in [1.165, 1.54) is 0 Å². The van der Waals surface area contributed by atoms with Gasteiger partial charge in [-0.15, -0.1) is 0 Å². The molecular weight excluding hydrogens is 242 g/mol. The van der Waals surface area contributed by atoms with Crippen LogP contribution in [-0.2, 0) is 4.79 Å². The van der Waals surface area contributed by atoms with Crippen LogP contribution in [0.25, 0.3) is 0 Å². The van der Waals surface area contributed by atoms with Gasteiger partial charge in [-0.1, -0.05) is 18.5 Å². The third kappa shape index (κ3) is 3.05. The molecule has 1 aromatic carbocycles. The highest BCUT2D eigenvalue weighted by atomic mass is 16.4. The fraction of sp³-hybridized carbons (Fsp3) is 0.429. The van der Waals surface area contributed by atoms with Crippen molar-refractivity contribution in [2.24, 2.45) is 22.7 Å². The standard InChI is InChI=1S/C14H19N3O2/c1-9-3-2-4-12(9)14(18)16-11-7-5-10(6-8-11)13(15)17-19/h5-9,12,19H,2-4H2,1H3,(H2,15,17)(H,16,18). The van der Waals surface area contributed by atoms with Gasteiger partial charge in [0.15, 0.2) is 5.84 Å². The van der Waals surface area contributed by atoms with Crippen LogP contribution >= 0.6 is 0 Å². The van der Waals surface area contributed by atoms with Gasteiger partial charge in [-0.05, 0) is 43.0 Å². The molecule has 5 heteroatoms. The number of oxime groups is 1. The van der Waals surface area contributed by atoms with E-state index in [1.807, 2.05) is 0 Å². The number of carbonyl (C=O) groups is 1. The van der Waals surface area contributed by atoms with Crippen LogP contribution in [0.5, 0.6) is 0 Å². The Bertz CT molecular complexity index is 482. The maximum absolute atomic E-state index is 12.1. The van der Waals surface area contributed by atoms with Gasteiger partial charge in [0.2, 0.25) is 5.91 Å². The molecule has 0 aliphatic heterocycles. The van der Waals surface area contributed by atoms with Crippen molar-refractivity contribution in [3.05, 3.63) is 29.8 Å². The Balaban J connectivity index is 2.01. The van der Waals surface area contributed by atoms with Crippen molar-refractivity contribution in [1.29, 1.82) is 0 Å². The van der Waals surface area contributed by atoms with Crippen LogP contribution in [0.2, 0.25) is 0 Å². The first-order valence-electron chi connectivity index (χ1n) is 6.50. The first kappa shape index (κ1) is 13.4. The molecule has 4 N–H and O–H groups in total. The minimum absolute atomic E-state index is 0.0577. The van der Waals surface area contributed by atoms with Crippen LogP contribution in [-0.4, -0.2) is 17.0 Å². The summed E-state index contributed by atoms with van der Waals surface area (Å²) >= 11 is 0. The molecule has 0 heterocycles. The SMILES string of the molecule is CC1CCCC1C(=O)Nc1ccc(/C(N)=N/O)cc1. The molecule has 5 nitrogen and oxygen atoms in total. The molecule has 0 saturated heterocycles. The normalized spacial score (nSPS) is 23.3. The molecule has 2 rings (SSSR count). The summed E-state index contributed by atoms with van der Waals surface area (Å²) in [7, 11) is 0. The summed E-state index contributed by atoms with van der Waals surface area (Å²) in [6, 6.07) is 6.93. The molecule has 1 fully saturated rings. The highest BCUT2D eigenvalue weighted by Crippen LogP contribution is 2.32. The number of nitrogens with zero attached hydrogens (tertiary/aromatic N) is 1. The molecule has 1 amide bonds. The van der Waals surface area contributed by atoms with Crippen molar-refractivity contribution in [3.8, 4) is 0 Å². The van der Waals surface area contributed by atoms with Crippen LogP contribution in [0.3, 0.4) is 0 Å². The zero-order valence-corrected chi connectivity index (χ0v) is 11.0. The largest absolute Gasteiger partial charge is 0.409 e. The van der Waals surface area contributed by atoms with Gasteiger partial charge < -0.3 is 16.3 Å². The van der Waals surface area contributed by atoms with Crippen LogP contribution < -0.4 is 11.1 Å². The number of nitrogens with one attached hydrogen (secondary N) is 1. The number of rotatable bonds is 3. The number of hydrogen-bond acceptors (Lipinski definition) is 3. The van der Waals surface area contributed by atoms with Crippen molar-refractivity contribution >= 4 is 17.4 Å². The molecule has 0 aromatic heterocycles. The van der Waals surface area contributed by atoms with E-state index < -0.39 is 0 Å². The Morgan fingerprint density at radius 1 is 1.37 bits per heavy atom. The van der Waals surface area contributed by atoms with Gasteiger partial charge in [-0.2, -0.15) is 0 Å². The number of amides is 1. The van der Waals surface area contributed by atoms with E-state index in [1.54, 1.807) is 24.3 Å². The summed E-state index contributed by atoms with van der Waals surface area (Å²) in [5, 5.41) is 14.4. The van der Waals surface area contributed by atoms with Crippen LogP contribution in [0.15, 0.2) is 29.4 Å². The Kier molecular flexibility index (Phi) is 4.04. The van der Waals surface area contributed by atoms with E-state index in [4.69, 9.17) is 10.9 Å². The lowest BCUT2D eigenvalue weighted by atomic mass is 9.97. The average Bonchev–Trinajstić information content (AvgIpc) is 2.85. The average molecular weight is 261 g/mol. The van der Waals surface area contributed by atoms with Crippen molar-refractivity contribution in [2.75, 3.05) is 5.32 Å². The predicted molar refractivity (Wildman–Crippen MR) is 74.1 cm³/mol. The fourth-order valence-electron chi connectivity index (χ4n) is 2.55. The third-order valence-corrected chi connectivity index (χ3v) is 3.75. The Morgan fingerprint density at radius 2 is 2.05 bits per heavy atom. The number of nitrogens with two attached hydrogens (primary N) is 1. The second-order valence-electron chi connectivity index (χ2n) is 5.07. The zero-order valence-electron chi connectivity index (χ0n) is 11.0. The van der Waals surface area contributed by atoms with Crippen LogP contribution in [0.1, 0.15) is 31.7 Å². The number of amidine groups is 1. The van der Waals surface area contributed by atoms with Gasteiger partial charge in [0, 0.05) is 17.2 Å².